The number of nitrogens with zero attached hydrogens (tertiary/aromatic N) is 2. The lowest BCUT2D eigenvalue weighted by Crippen LogP contribution is -2.50. The third-order valence-electron chi connectivity index (χ3n) is 3.67. The number of hydrogen-bond acceptors (Lipinski definition) is 5. The minimum atomic E-state index is -0.959. The van der Waals surface area contributed by atoms with Crippen molar-refractivity contribution < 1.29 is 14.4 Å². The van der Waals surface area contributed by atoms with Gasteiger partial charge >= 0.3 is 6.03 Å². The first kappa shape index (κ1) is 17.9. The highest BCUT2D eigenvalue weighted by atomic mass is 79.9. The number of likely N-dealkylation sites (N-methyl/N-ethyl adjacent to an activating group) is 1. The molecule has 4 amide bonds. The van der Waals surface area contributed by atoms with Crippen LogP contribution in [0.25, 0.3) is 0 Å². The number of thiophene rings is 1. The van der Waals surface area contributed by atoms with Crippen molar-refractivity contribution in [1.82, 2.24) is 20.7 Å². The molecule has 1 fully saturated rings. The van der Waals surface area contributed by atoms with E-state index in [1.807, 2.05) is 17.0 Å². The topological polar surface area (TPSA) is 81.8 Å². The fourth-order valence-electron chi connectivity index (χ4n) is 2.19. The zero-order valence-corrected chi connectivity index (χ0v) is 15.6. The molecule has 1 atom stereocenters. The molecule has 126 valence electrons. The van der Waals surface area contributed by atoms with Gasteiger partial charge in [0.2, 0.25) is 0 Å². The van der Waals surface area contributed by atoms with E-state index in [1.54, 1.807) is 32.2 Å². The minimum absolute atomic E-state index is 0.0788. The van der Waals surface area contributed by atoms with Gasteiger partial charge in [-0.15, -0.1) is 11.3 Å². The van der Waals surface area contributed by atoms with Crippen LogP contribution >= 0.6 is 27.3 Å². The molecule has 9 heteroatoms. The van der Waals surface area contributed by atoms with Crippen molar-refractivity contribution in [3.05, 3.63) is 20.8 Å². The van der Waals surface area contributed by atoms with Crippen LogP contribution in [0.5, 0.6) is 0 Å². The van der Waals surface area contributed by atoms with Gasteiger partial charge in [-0.2, -0.15) is 5.01 Å². The minimum Gasteiger partial charge on any atom is -0.322 e. The van der Waals surface area contributed by atoms with Crippen molar-refractivity contribution in [3.63, 3.8) is 0 Å². The van der Waals surface area contributed by atoms with Crippen molar-refractivity contribution in [3.8, 4) is 0 Å². The SMILES string of the molecule is CCC1(C)NC(=O)N(NC(=O)CN(C)Cc2ccc(Br)s2)C1=O. The Labute approximate surface area is 147 Å². The van der Waals surface area contributed by atoms with E-state index < -0.39 is 23.4 Å². The van der Waals surface area contributed by atoms with Gasteiger partial charge in [-0.25, -0.2) is 4.79 Å². The van der Waals surface area contributed by atoms with E-state index in [0.717, 1.165) is 13.7 Å². The molecular formula is C14H19BrN4O3S. The molecule has 1 aromatic rings. The van der Waals surface area contributed by atoms with E-state index >= 15 is 0 Å². The summed E-state index contributed by atoms with van der Waals surface area (Å²) in [6.45, 7) is 4.13. The Kier molecular flexibility index (Phi) is 5.43. The molecule has 1 saturated heterocycles. The molecule has 2 rings (SSSR count). The van der Waals surface area contributed by atoms with E-state index in [9.17, 15) is 14.4 Å². The van der Waals surface area contributed by atoms with E-state index in [2.05, 4.69) is 26.7 Å². The highest BCUT2D eigenvalue weighted by Gasteiger charge is 2.47. The molecule has 1 unspecified atom stereocenters. The van der Waals surface area contributed by atoms with Gasteiger partial charge in [0.15, 0.2) is 0 Å². The zero-order valence-electron chi connectivity index (χ0n) is 13.2. The zero-order chi connectivity index (χ0) is 17.2. The van der Waals surface area contributed by atoms with Crippen molar-refractivity contribution in [2.45, 2.75) is 32.4 Å². The van der Waals surface area contributed by atoms with Crippen LogP contribution in [0.4, 0.5) is 4.79 Å². The molecule has 0 spiro atoms. The maximum Gasteiger partial charge on any atom is 0.344 e. The molecule has 1 aliphatic heterocycles. The average molecular weight is 403 g/mol. The molecule has 1 aromatic heterocycles. The summed E-state index contributed by atoms with van der Waals surface area (Å²) in [6.07, 6.45) is 0.455. The van der Waals surface area contributed by atoms with Crippen molar-refractivity contribution in [1.29, 1.82) is 0 Å². The number of hydrogen-bond donors (Lipinski definition) is 2. The second-order valence-corrected chi connectivity index (χ2v) is 8.22. The van der Waals surface area contributed by atoms with E-state index in [4.69, 9.17) is 0 Å². The van der Waals surface area contributed by atoms with Gasteiger partial charge in [-0.3, -0.25) is 19.9 Å². The summed E-state index contributed by atoms with van der Waals surface area (Å²) in [5, 5.41) is 3.35. The lowest BCUT2D eigenvalue weighted by Gasteiger charge is -2.20. The number of carbonyl (C=O) groups excluding carboxylic acids is 3. The Bertz CT molecular complexity index is 635. The van der Waals surface area contributed by atoms with Gasteiger partial charge in [-0.1, -0.05) is 6.92 Å². The number of imide groups is 1. The molecule has 0 radical (unpaired) electrons. The molecule has 0 aromatic carbocycles. The molecule has 0 aliphatic carbocycles. The first-order valence-electron chi connectivity index (χ1n) is 7.14. The quantitative estimate of drug-likeness (QED) is 0.709. The summed E-state index contributed by atoms with van der Waals surface area (Å²) < 4.78 is 1.03. The fourth-order valence-corrected chi connectivity index (χ4v) is 3.75. The van der Waals surface area contributed by atoms with Gasteiger partial charge in [-0.05, 0) is 48.5 Å². The first-order valence-corrected chi connectivity index (χ1v) is 8.75. The van der Waals surface area contributed by atoms with Crippen molar-refractivity contribution in [2.24, 2.45) is 0 Å². The molecule has 1 aliphatic rings. The number of carbonyl (C=O) groups is 3. The second-order valence-electron chi connectivity index (χ2n) is 5.67. The number of urea groups is 1. The van der Waals surface area contributed by atoms with Crippen LogP contribution in [-0.2, 0) is 16.1 Å². The largest absolute Gasteiger partial charge is 0.344 e. The van der Waals surface area contributed by atoms with E-state index in [0.29, 0.717) is 13.0 Å². The normalized spacial score (nSPS) is 21.0. The molecular weight excluding hydrogens is 384 g/mol. The lowest BCUT2D eigenvalue weighted by atomic mass is 10.00. The van der Waals surface area contributed by atoms with Crippen LogP contribution in [0.15, 0.2) is 15.9 Å². The fraction of sp³-hybridized carbons (Fsp3) is 0.500. The van der Waals surface area contributed by atoms with Crippen molar-refractivity contribution in [2.75, 3.05) is 13.6 Å². The van der Waals surface area contributed by atoms with Gasteiger partial charge in [0, 0.05) is 11.4 Å². The number of rotatable bonds is 6. The number of halogens is 1. The number of hydrazine groups is 1. The van der Waals surface area contributed by atoms with Crippen molar-refractivity contribution >= 4 is 45.1 Å². The second kappa shape index (κ2) is 6.98. The predicted molar refractivity (Wildman–Crippen MR) is 90.6 cm³/mol. The summed E-state index contributed by atoms with van der Waals surface area (Å²) in [5.74, 6) is -0.852. The third kappa shape index (κ3) is 4.10. The van der Waals surface area contributed by atoms with Gasteiger partial charge < -0.3 is 5.32 Å². The maximum absolute atomic E-state index is 12.2. The monoisotopic (exact) mass is 402 g/mol. The standard InChI is InChI=1S/C14H19BrN4O3S/c1-4-14(2)12(21)19(13(22)16-14)17-11(20)8-18(3)7-9-5-6-10(15)23-9/h5-6H,4,7-8H2,1-3H3,(H,16,22)(H,17,20). The molecule has 2 heterocycles. The van der Waals surface area contributed by atoms with Gasteiger partial charge in [0.25, 0.3) is 11.8 Å². The van der Waals surface area contributed by atoms with E-state index in [1.165, 1.54) is 0 Å². The summed E-state index contributed by atoms with van der Waals surface area (Å²) in [7, 11) is 1.80. The van der Waals surface area contributed by atoms with Crippen LogP contribution in [0.3, 0.4) is 0 Å². The Morgan fingerprint density at radius 2 is 2.17 bits per heavy atom. The molecule has 2 N–H and O–H groups in total. The first-order chi connectivity index (χ1) is 10.7. The summed E-state index contributed by atoms with van der Waals surface area (Å²) >= 11 is 4.99. The smallest absolute Gasteiger partial charge is 0.322 e. The number of amides is 4. The van der Waals surface area contributed by atoms with Crippen LogP contribution in [0.2, 0.25) is 0 Å². The Hall–Kier alpha value is -1.45. The molecule has 0 saturated carbocycles. The molecule has 7 nitrogen and oxygen atoms in total. The summed E-state index contributed by atoms with van der Waals surface area (Å²) in [6, 6.07) is 3.33. The highest BCUT2D eigenvalue weighted by molar-refractivity contribution is 9.11. The summed E-state index contributed by atoms with van der Waals surface area (Å²) in [4.78, 5) is 39.0. The Morgan fingerprint density at radius 3 is 2.70 bits per heavy atom. The van der Waals surface area contributed by atoms with Crippen LogP contribution < -0.4 is 10.7 Å². The Balaban J connectivity index is 1.89. The van der Waals surface area contributed by atoms with Gasteiger partial charge in [0.1, 0.15) is 5.54 Å². The molecule has 0 bridgehead atoms. The number of nitrogens with one attached hydrogen (secondary N) is 2. The van der Waals surface area contributed by atoms with Crippen LogP contribution in [0.1, 0.15) is 25.1 Å². The predicted octanol–water partition coefficient (Wildman–Crippen LogP) is 1.69. The maximum atomic E-state index is 12.2. The van der Waals surface area contributed by atoms with E-state index in [-0.39, 0.29) is 6.54 Å². The van der Waals surface area contributed by atoms with Gasteiger partial charge in [0.05, 0.1) is 10.3 Å². The average Bonchev–Trinajstić information content (AvgIpc) is 2.96. The third-order valence-corrected chi connectivity index (χ3v) is 5.28. The highest BCUT2D eigenvalue weighted by Crippen LogP contribution is 2.23. The van der Waals surface area contributed by atoms with Crippen LogP contribution in [-0.4, -0.2) is 46.9 Å². The molecule has 23 heavy (non-hydrogen) atoms. The Morgan fingerprint density at radius 1 is 1.48 bits per heavy atom. The lowest BCUT2D eigenvalue weighted by molar-refractivity contribution is -0.139. The van der Waals surface area contributed by atoms with Crippen LogP contribution in [0, 0.1) is 0 Å². The summed E-state index contributed by atoms with van der Waals surface area (Å²) in [5.41, 5.74) is 1.42.